The Morgan fingerprint density at radius 2 is 1.57 bits per heavy atom. The lowest BCUT2D eigenvalue weighted by atomic mass is 10.1. The second-order valence-electron chi connectivity index (χ2n) is 8.37. The van der Waals surface area contributed by atoms with Crippen LogP contribution in [0.3, 0.4) is 0 Å². The summed E-state index contributed by atoms with van der Waals surface area (Å²) >= 11 is 12.4. The second kappa shape index (κ2) is 10.5. The Bertz CT molecular complexity index is 1470. The van der Waals surface area contributed by atoms with E-state index in [1.807, 2.05) is 40.3 Å². The lowest BCUT2D eigenvalue weighted by molar-refractivity contribution is -0.147. The number of amides is 1. The van der Waals surface area contributed by atoms with Crippen molar-refractivity contribution in [3.05, 3.63) is 99.1 Å². The SMILES string of the molecule is CC(=O)N=c1n(Cc2ccc(C)cc2)c2ccccc2n1CC(OC(C)=O)c1ccc(Cl)c(Cl)c1. The Morgan fingerprint density at radius 3 is 2.17 bits per heavy atom. The molecular weight excluding hydrogens is 485 g/mol. The van der Waals surface area contributed by atoms with Crippen molar-refractivity contribution in [2.75, 3.05) is 0 Å². The van der Waals surface area contributed by atoms with Crippen molar-refractivity contribution in [3.63, 3.8) is 0 Å². The third kappa shape index (κ3) is 5.66. The molecule has 6 nitrogen and oxygen atoms in total. The highest BCUT2D eigenvalue weighted by atomic mass is 35.5. The largest absolute Gasteiger partial charge is 0.456 e. The van der Waals surface area contributed by atoms with Crippen LogP contribution >= 0.6 is 23.2 Å². The summed E-state index contributed by atoms with van der Waals surface area (Å²) in [5, 5.41) is 0.772. The molecule has 4 rings (SSSR count). The molecule has 8 heteroatoms. The van der Waals surface area contributed by atoms with Crippen LogP contribution in [0.1, 0.15) is 36.6 Å². The minimum Gasteiger partial charge on any atom is -0.456 e. The standard InChI is InChI=1S/C27H25Cl2N3O3/c1-17-8-10-20(11-9-17)15-31-24-6-4-5-7-25(24)32(27(31)30-18(2)33)16-26(35-19(3)34)21-12-13-22(28)23(29)14-21/h4-14,26H,15-16H2,1-3H3. The number of imidazole rings is 1. The van der Waals surface area contributed by atoms with E-state index in [0.29, 0.717) is 27.8 Å². The predicted molar refractivity (Wildman–Crippen MR) is 137 cm³/mol. The van der Waals surface area contributed by atoms with E-state index in [9.17, 15) is 9.59 Å². The summed E-state index contributed by atoms with van der Waals surface area (Å²) in [6.45, 7) is 5.56. The first kappa shape index (κ1) is 24.8. The quantitative estimate of drug-likeness (QED) is 0.306. The molecule has 4 aromatic rings. The lowest BCUT2D eigenvalue weighted by Gasteiger charge is -2.19. The third-order valence-electron chi connectivity index (χ3n) is 5.64. The number of nitrogens with zero attached hydrogens (tertiary/aromatic N) is 3. The molecule has 0 fully saturated rings. The maximum absolute atomic E-state index is 12.2. The van der Waals surface area contributed by atoms with E-state index in [2.05, 4.69) is 29.3 Å². The van der Waals surface area contributed by atoms with Crippen LogP contribution in [0.4, 0.5) is 0 Å². The summed E-state index contributed by atoms with van der Waals surface area (Å²) in [5.41, 5.74) is 5.16. The number of aryl methyl sites for hydroxylation is 1. The van der Waals surface area contributed by atoms with Crippen molar-refractivity contribution in [1.82, 2.24) is 9.13 Å². The van der Waals surface area contributed by atoms with Crippen molar-refractivity contribution in [2.24, 2.45) is 4.99 Å². The number of benzene rings is 3. The topological polar surface area (TPSA) is 65.6 Å². The van der Waals surface area contributed by atoms with Gasteiger partial charge in [0.05, 0.1) is 34.2 Å². The van der Waals surface area contributed by atoms with Crippen molar-refractivity contribution in [1.29, 1.82) is 0 Å². The minimum atomic E-state index is -0.674. The van der Waals surface area contributed by atoms with Gasteiger partial charge in [-0.15, -0.1) is 0 Å². The molecule has 0 aliphatic rings. The average Bonchev–Trinajstić information content (AvgIpc) is 3.08. The molecule has 0 N–H and O–H groups in total. The zero-order valence-corrected chi connectivity index (χ0v) is 21.2. The number of carbonyl (C=O) groups is 2. The highest BCUT2D eigenvalue weighted by molar-refractivity contribution is 6.42. The van der Waals surface area contributed by atoms with Crippen LogP contribution in [0.15, 0.2) is 71.7 Å². The Balaban J connectivity index is 1.89. The second-order valence-corrected chi connectivity index (χ2v) is 9.19. The summed E-state index contributed by atoms with van der Waals surface area (Å²) in [7, 11) is 0. The zero-order chi connectivity index (χ0) is 25.1. The maximum atomic E-state index is 12.2. The van der Waals surface area contributed by atoms with E-state index in [4.69, 9.17) is 27.9 Å². The first-order valence-electron chi connectivity index (χ1n) is 11.1. The molecule has 0 bridgehead atoms. The lowest BCUT2D eigenvalue weighted by Crippen LogP contribution is -2.30. The van der Waals surface area contributed by atoms with Gasteiger partial charge in [-0.25, -0.2) is 0 Å². The number of ether oxygens (including phenoxy) is 1. The molecule has 180 valence electrons. The molecule has 0 aliphatic carbocycles. The smallest absolute Gasteiger partial charge is 0.303 e. The fourth-order valence-electron chi connectivity index (χ4n) is 4.04. The summed E-state index contributed by atoms with van der Waals surface area (Å²) < 4.78 is 9.59. The van der Waals surface area contributed by atoms with Crippen LogP contribution in [0.2, 0.25) is 10.0 Å². The van der Waals surface area contributed by atoms with Crippen molar-refractivity contribution < 1.29 is 14.3 Å². The van der Waals surface area contributed by atoms with Gasteiger partial charge in [0, 0.05) is 13.8 Å². The van der Waals surface area contributed by atoms with Gasteiger partial charge in [0.1, 0.15) is 6.10 Å². The van der Waals surface area contributed by atoms with E-state index >= 15 is 0 Å². The van der Waals surface area contributed by atoms with Crippen LogP contribution in [0.5, 0.6) is 0 Å². The molecule has 0 saturated heterocycles. The zero-order valence-electron chi connectivity index (χ0n) is 19.7. The monoisotopic (exact) mass is 509 g/mol. The molecule has 1 heterocycles. The summed E-state index contributed by atoms with van der Waals surface area (Å²) in [6.07, 6.45) is -0.674. The van der Waals surface area contributed by atoms with Gasteiger partial charge in [0.15, 0.2) is 0 Å². The van der Waals surface area contributed by atoms with Gasteiger partial charge in [-0.1, -0.05) is 71.2 Å². The maximum Gasteiger partial charge on any atom is 0.303 e. The minimum absolute atomic E-state index is 0.227. The van der Waals surface area contributed by atoms with Gasteiger partial charge in [-0.3, -0.25) is 9.59 Å². The Hall–Kier alpha value is -3.35. The Labute approximate surface area is 213 Å². The highest BCUT2D eigenvalue weighted by Crippen LogP contribution is 2.29. The normalized spacial score (nSPS) is 12.7. The summed E-state index contributed by atoms with van der Waals surface area (Å²) in [4.78, 5) is 28.6. The first-order chi connectivity index (χ1) is 16.7. The molecule has 0 aliphatic heterocycles. The molecule has 35 heavy (non-hydrogen) atoms. The number of hydrogen-bond donors (Lipinski definition) is 0. The van der Waals surface area contributed by atoms with E-state index in [-0.39, 0.29) is 12.5 Å². The Morgan fingerprint density at radius 1 is 0.914 bits per heavy atom. The molecule has 0 spiro atoms. The first-order valence-corrected chi connectivity index (χ1v) is 11.9. The number of carbonyl (C=O) groups excluding carboxylic acids is 2. The number of hydrogen-bond acceptors (Lipinski definition) is 3. The molecule has 0 radical (unpaired) electrons. The number of para-hydroxylation sites is 2. The van der Waals surface area contributed by atoms with Crippen molar-refractivity contribution >= 4 is 46.1 Å². The van der Waals surface area contributed by atoms with Crippen LogP contribution < -0.4 is 5.62 Å². The molecule has 3 aromatic carbocycles. The van der Waals surface area contributed by atoms with E-state index in [1.54, 1.807) is 18.2 Å². The van der Waals surface area contributed by atoms with E-state index in [0.717, 1.165) is 16.6 Å². The molecule has 1 unspecified atom stereocenters. The predicted octanol–water partition coefficient (Wildman–Crippen LogP) is 5.86. The number of rotatable bonds is 6. The number of fused-ring (bicyclic) bond motifs is 1. The van der Waals surface area contributed by atoms with Crippen molar-refractivity contribution in [3.8, 4) is 0 Å². The highest BCUT2D eigenvalue weighted by Gasteiger charge is 2.21. The van der Waals surface area contributed by atoms with E-state index < -0.39 is 12.1 Å². The molecule has 1 amide bonds. The molecule has 1 aromatic heterocycles. The van der Waals surface area contributed by atoms with Gasteiger partial charge >= 0.3 is 5.97 Å². The van der Waals surface area contributed by atoms with Crippen LogP contribution in [0.25, 0.3) is 11.0 Å². The Kier molecular flexibility index (Phi) is 7.43. The third-order valence-corrected chi connectivity index (χ3v) is 6.38. The average molecular weight is 510 g/mol. The van der Waals surface area contributed by atoms with Crippen LogP contribution in [-0.2, 0) is 27.4 Å². The summed E-state index contributed by atoms with van der Waals surface area (Å²) in [5.74, 6) is -0.764. The number of esters is 1. The van der Waals surface area contributed by atoms with Gasteiger partial charge in [0.25, 0.3) is 0 Å². The number of aromatic nitrogens is 2. The van der Waals surface area contributed by atoms with Crippen LogP contribution in [-0.4, -0.2) is 21.0 Å². The summed E-state index contributed by atoms with van der Waals surface area (Å²) in [6, 6.07) is 21.2. The molecular formula is C27H25Cl2N3O3. The fraction of sp³-hybridized carbons (Fsp3) is 0.222. The van der Waals surface area contributed by atoms with Gasteiger partial charge in [0.2, 0.25) is 11.5 Å². The van der Waals surface area contributed by atoms with Gasteiger partial charge < -0.3 is 13.9 Å². The van der Waals surface area contributed by atoms with Gasteiger partial charge in [-0.2, -0.15) is 4.99 Å². The fourth-order valence-corrected chi connectivity index (χ4v) is 4.35. The molecule has 1 atom stereocenters. The van der Waals surface area contributed by atoms with Crippen molar-refractivity contribution in [2.45, 2.75) is 40.0 Å². The number of halogens is 2. The van der Waals surface area contributed by atoms with Crippen LogP contribution in [0, 0.1) is 6.92 Å². The van der Waals surface area contributed by atoms with E-state index in [1.165, 1.54) is 19.4 Å². The molecule has 0 saturated carbocycles. The van der Waals surface area contributed by atoms with Gasteiger partial charge in [-0.05, 0) is 42.3 Å².